The average molecular weight is 307 g/mol. The number of alkyl halides is 3. The van der Waals surface area contributed by atoms with E-state index >= 15 is 0 Å². The average Bonchev–Trinajstić information content (AvgIpc) is 2.38. The van der Waals surface area contributed by atoms with Gasteiger partial charge in [-0.25, -0.2) is 0 Å². The van der Waals surface area contributed by atoms with Gasteiger partial charge in [-0.1, -0.05) is 26.0 Å². The molecule has 0 spiro atoms. The van der Waals surface area contributed by atoms with Gasteiger partial charge in [0.2, 0.25) is 0 Å². The molecule has 0 saturated carbocycles. The molecule has 0 aliphatic heterocycles. The van der Waals surface area contributed by atoms with E-state index in [-0.39, 0.29) is 6.04 Å². The van der Waals surface area contributed by atoms with E-state index in [9.17, 15) is 17.4 Å². The van der Waals surface area contributed by atoms with Gasteiger partial charge in [0.1, 0.15) is 0 Å². The second-order valence-electron chi connectivity index (χ2n) is 4.54. The Morgan fingerprint density at radius 3 is 2.55 bits per heavy atom. The molecule has 2 unspecified atom stereocenters. The number of benzene rings is 1. The van der Waals surface area contributed by atoms with Crippen molar-refractivity contribution < 1.29 is 17.4 Å². The van der Waals surface area contributed by atoms with Gasteiger partial charge in [-0.3, -0.25) is 4.21 Å². The number of halogens is 3. The first-order valence-electron chi connectivity index (χ1n) is 6.64. The van der Waals surface area contributed by atoms with Crippen molar-refractivity contribution in [3.8, 4) is 0 Å². The summed E-state index contributed by atoms with van der Waals surface area (Å²) in [4.78, 5) is 0. The van der Waals surface area contributed by atoms with Crippen LogP contribution in [0.2, 0.25) is 0 Å². The minimum Gasteiger partial charge on any atom is -0.309 e. The molecule has 1 rings (SSSR count). The topological polar surface area (TPSA) is 29.1 Å². The Kier molecular flexibility index (Phi) is 6.68. The largest absolute Gasteiger partial charge is 0.416 e. The lowest BCUT2D eigenvalue weighted by molar-refractivity contribution is -0.137. The molecule has 20 heavy (non-hydrogen) atoms. The summed E-state index contributed by atoms with van der Waals surface area (Å²) in [5.41, 5.74) is -0.134. The van der Waals surface area contributed by atoms with Crippen molar-refractivity contribution in [2.45, 2.75) is 32.5 Å². The molecule has 0 bridgehead atoms. The van der Waals surface area contributed by atoms with Crippen molar-refractivity contribution in [2.75, 3.05) is 18.1 Å². The lowest BCUT2D eigenvalue weighted by Gasteiger charge is -2.19. The van der Waals surface area contributed by atoms with Gasteiger partial charge in [-0.15, -0.1) is 0 Å². The zero-order chi connectivity index (χ0) is 15.2. The van der Waals surface area contributed by atoms with E-state index in [2.05, 4.69) is 5.32 Å². The van der Waals surface area contributed by atoms with Gasteiger partial charge < -0.3 is 5.32 Å². The molecule has 1 aromatic carbocycles. The van der Waals surface area contributed by atoms with Gasteiger partial charge in [-0.2, -0.15) is 13.2 Å². The fourth-order valence-electron chi connectivity index (χ4n) is 1.95. The first-order valence-corrected chi connectivity index (χ1v) is 8.12. The summed E-state index contributed by atoms with van der Waals surface area (Å²) in [6.45, 7) is 4.43. The van der Waals surface area contributed by atoms with Crippen LogP contribution in [0.15, 0.2) is 24.3 Å². The van der Waals surface area contributed by atoms with E-state index in [1.807, 2.05) is 13.8 Å². The lowest BCUT2D eigenvalue weighted by atomic mass is 10.0. The Balaban J connectivity index is 2.94. The minimum atomic E-state index is -4.35. The maximum atomic E-state index is 12.7. The monoisotopic (exact) mass is 307 g/mol. The first kappa shape index (κ1) is 17.2. The van der Waals surface area contributed by atoms with Gasteiger partial charge in [0.25, 0.3) is 0 Å². The zero-order valence-electron chi connectivity index (χ0n) is 11.7. The van der Waals surface area contributed by atoms with Gasteiger partial charge in [0.05, 0.1) is 5.56 Å². The van der Waals surface area contributed by atoms with Crippen molar-refractivity contribution in [1.82, 2.24) is 5.32 Å². The Labute approximate surface area is 120 Å². The van der Waals surface area contributed by atoms with E-state index in [0.29, 0.717) is 23.6 Å². The SMILES string of the molecule is CCCS(=O)CC(NCC)c1cccc(C(F)(F)F)c1. The van der Waals surface area contributed by atoms with Crippen molar-refractivity contribution >= 4 is 10.8 Å². The zero-order valence-corrected chi connectivity index (χ0v) is 12.5. The van der Waals surface area contributed by atoms with Crippen molar-refractivity contribution in [2.24, 2.45) is 0 Å². The Morgan fingerprint density at radius 1 is 1.30 bits per heavy atom. The molecule has 0 radical (unpaired) electrons. The van der Waals surface area contributed by atoms with Gasteiger partial charge >= 0.3 is 6.18 Å². The molecule has 0 heterocycles. The third-order valence-electron chi connectivity index (χ3n) is 2.85. The van der Waals surface area contributed by atoms with E-state index in [1.54, 1.807) is 6.07 Å². The first-order chi connectivity index (χ1) is 9.38. The Bertz CT molecular complexity index is 448. The number of nitrogens with one attached hydrogen (secondary N) is 1. The summed E-state index contributed by atoms with van der Waals surface area (Å²) in [6, 6.07) is 4.91. The Morgan fingerprint density at radius 2 is 2.00 bits per heavy atom. The van der Waals surface area contributed by atoms with Crippen LogP contribution in [-0.2, 0) is 17.0 Å². The molecule has 0 saturated heterocycles. The number of hydrogen-bond acceptors (Lipinski definition) is 2. The highest BCUT2D eigenvalue weighted by molar-refractivity contribution is 7.85. The summed E-state index contributed by atoms with van der Waals surface area (Å²) in [6.07, 6.45) is -3.55. The van der Waals surface area contributed by atoms with Crippen molar-refractivity contribution in [3.63, 3.8) is 0 Å². The number of hydrogen-bond donors (Lipinski definition) is 1. The molecule has 0 aromatic heterocycles. The number of rotatable bonds is 7. The van der Waals surface area contributed by atoms with E-state index < -0.39 is 22.5 Å². The maximum Gasteiger partial charge on any atom is 0.416 e. The van der Waals surface area contributed by atoms with Crippen LogP contribution in [0.4, 0.5) is 13.2 Å². The molecular formula is C14H20F3NOS. The summed E-state index contributed by atoms with van der Waals surface area (Å²) >= 11 is 0. The summed E-state index contributed by atoms with van der Waals surface area (Å²) in [7, 11) is -1.02. The van der Waals surface area contributed by atoms with Crippen LogP contribution in [0, 0.1) is 0 Å². The third-order valence-corrected chi connectivity index (χ3v) is 4.42. The van der Waals surface area contributed by atoms with Crippen LogP contribution in [-0.4, -0.2) is 22.3 Å². The molecule has 0 amide bonds. The van der Waals surface area contributed by atoms with Crippen LogP contribution in [0.3, 0.4) is 0 Å². The van der Waals surface area contributed by atoms with Crippen LogP contribution in [0.1, 0.15) is 37.4 Å². The smallest absolute Gasteiger partial charge is 0.309 e. The highest BCUT2D eigenvalue weighted by Crippen LogP contribution is 2.30. The Hall–Kier alpha value is -0.880. The predicted octanol–water partition coefficient (Wildman–Crippen LogP) is 3.51. The second kappa shape index (κ2) is 7.78. The molecule has 0 aliphatic carbocycles. The standard InChI is InChI=1S/C14H20F3NOS/c1-3-8-20(19)10-13(18-4-2)11-6-5-7-12(9-11)14(15,16)17/h5-7,9,13,18H,3-4,8,10H2,1-2H3. The summed E-state index contributed by atoms with van der Waals surface area (Å²) in [5.74, 6) is 0.907. The normalized spacial score (nSPS) is 15.1. The highest BCUT2D eigenvalue weighted by atomic mass is 32.2. The van der Waals surface area contributed by atoms with Crippen LogP contribution < -0.4 is 5.32 Å². The summed E-state index contributed by atoms with van der Waals surface area (Å²) in [5, 5.41) is 3.11. The highest BCUT2D eigenvalue weighted by Gasteiger charge is 2.31. The van der Waals surface area contributed by atoms with E-state index in [0.717, 1.165) is 18.6 Å². The molecule has 114 valence electrons. The molecule has 6 heteroatoms. The summed E-state index contributed by atoms with van der Waals surface area (Å²) < 4.78 is 50.0. The fraction of sp³-hybridized carbons (Fsp3) is 0.571. The molecule has 2 nitrogen and oxygen atoms in total. The van der Waals surface area contributed by atoms with Crippen LogP contribution >= 0.6 is 0 Å². The van der Waals surface area contributed by atoms with Gasteiger partial charge in [0, 0.05) is 28.3 Å². The second-order valence-corrected chi connectivity index (χ2v) is 6.17. The molecule has 0 fully saturated rings. The van der Waals surface area contributed by atoms with Crippen molar-refractivity contribution in [3.05, 3.63) is 35.4 Å². The van der Waals surface area contributed by atoms with Crippen LogP contribution in [0.25, 0.3) is 0 Å². The van der Waals surface area contributed by atoms with E-state index in [1.165, 1.54) is 6.07 Å². The third kappa shape index (κ3) is 5.25. The lowest BCUT2D eigenvalue weighted by Crippen LogP contribution is -2.27. The molecule has 2 atom stereocenters. The molecule has 1 N–H and O–H groups in total. The quantitative estimate of drug-likeness (QED) is 0.835. The maximum absolute atomic E-state index is 12.7. The van der Waals surface area contributed by atoms with Gasteiger partial charge in [-0.05, 0) is 30.7 Å². The fourth-order valence-corrected chi connectivity index (χ4v) is 3.25. The predicted molar refractivity (Wildman–Crippen MR) is 76.0 cm³/mol. The molecule has 1 aromatic rings. The molecular weight excluding hydrogens is 287 g/mol. The van der Waals surface area contributed by atoms with E-state index in [4.69, 9.17) is 0 Å². The van der Waals surface area contributed by atoms with Gasteiger partial charge in [0.15, 0.2) is 0 Å². The molecule has 0 aliphatic rings. The minimum absolute atomic E-state index is 0.310. The van der Waals surface area contributed by atoms with Crippen LogP contribution in [0.5, 0.6) is 0 Å². The van der Waals surface area contributed by atoms with Crippen molar-refractivity contribution in [1.29, 1.82) is 0 Å².